The van der Waals surface area contributed by atoms with Crippen LogP contribution < -0.4 is 0 Å². The lowest BCUT2D eigenvalue weighted by molar-refractivity contribution is 0.0698. The van der Waals surface area contributed by atoms with E-state index in [4.69, 9.17) is 5.11 Å². The molecular weight excluding hydrogens is 218 g/mol. The highest BCUT2D eigenvalue weighted by molar-refractivity contribution is 5.94. The maximum atomic E-state index is 11.0. The van der Waals surface area contributed by atoms with Crippen LogP contribution in [0, 0.1) is 5.41 Å². The van der Waals surface area contributed by atoms with Gasteiger partial charge in [0.05, 0.1) is 0 Å². The summed E-state index contributed by atoms with van der Waals surface area (Å²) in [5.74, 6) is -0.194. The summed E-state index contributed by atoms with van der Waals surface area (Å²) in [4.78, 5) is 11.0. The molecule has 5 nitrogen and oxygen atoms in total. The van der Waals surface area contributed by atoms with Crippen LogP contribution in [-0.4, -0.2) is 25.7 Å². The van der Waals surface area contributed by atoms with Gasteiger partial charge in [-0.15, -0.1) is 10.2 Å². The molecule has 0 spiro atoms. The Morgan fingerprint density at radius 1 is 1.41 bits per heavy atom. The number of aromatic carboxylic acids is 1. The molecule has 2 aromatic heterocycles. The summed E-state index contributed by atoms with van der Waals surface area (Å²) in [6.07, 6.45) is 2.54. The van der Waals surface area contributed by atoms with Crippen molar-refractivity contribution < 1.29 is 9.90 Å². The third-order valence-electron chi connectivity index (χ3n) is 2.42. The summed E-state index contributed by atoms with van der Waals surface area (Å²) in [5.41, 5.74) is 0.668. The highest BCUT2D eigenvalue weighted by Crippen LogP contribution is 2.20. The normalized spacial score (nSPS) is 11.9. The first kappa shape index (κ1) is 11.6. The topological polar surface area (TPSA) is 67.5 Å². The molecule has 5 heteroatoms. The van der Waals surface area contributed by atoms with Crippen LogP contribution in [0.5, 0.6) is 0 Å². The Morgan fingerprint density at radius 3 is 2.71 bits per heavy atom. The second kappa shape index (κ2) is 3.84. The monoisotopic (exact) mass is 233 g/mol. The van der Waals surface area contributed by atoms with E-state index in [0.717, 1.165) is 12.2 Å². The van der Waals surface area contributed by atoms with Gasteiger partial charge in [-0.25, -0.2) is 4.79 Å². The van der Waals surface area contributed by atoms with Gasteiger partial charge in [-0.05, 0) is 17.5 Å². The minimum atomic E-state index is -0.981. The lowest BCUT2D eigenvalue weighted by Gasteiger charge is -2.16. The van der Waals surface area contributed by atoms with E-state index in [-0.39, 0.29) is 11.0 Å². The molecule has 2 heterocycles. The van der Waals surface area contributed by atoms with Crippen molar-refractivity contribution in [2.24, 2.45) is 5.41 Å². The largest absolute Gasteiger partial charge is 0.478 e. The summed E-state index contributed by atoms with van der Waals surface area (Å²) in [6.45, 7) is 6.32. The maximum Gasteiger partial charge on any atom is 0.339 e. The molecule has 0 aliphatic rings. The fourth-order valence-corrected chi connectivity index (χ4v) is 1.73. The molecule has 1 N–H and O–H groups in total. The van der Waals surface area contributed by atoms with Gasteiger partial charge >= 0.3 is 5.97 Å². The van der Waals surface area contributed by atoms with E-state index in [1.54, 1.807) is 16.7 Å². The Labute approximate surface area is 99.1 Å². The Kier molecular flexibility index (Phi) is 2.61. The molecule has 0 saturated carbocycles. The van der Waals surface area contributed by atoms with Crippen LogP contribution >= 0.6 is 0 Å². The Bertz CT molecular complexity index is 567. The first-order valence-electron chi connectivity index (χ1n) is 5.44. The van der Waals surface area contributed by atoms with Gasteiger partial charge in [0, 0.05) is 12.6 Å². The molecule has 0 aromatic carbocycles. The molecule has 0 aliphatic carbocycles. The SMILES string of the molecule is CC(C)(C)Cc1nnc2c(C(=O)O)cccn12. The lowest BCUT2D eigenvalue weighted by atomic mass is 9.92. The second-order valence-electron chi connectivity index (χ2n) is 5.27. The van der Waals surface area contributed by atoms with E-state index in [2.05, 4.69) is 31.0 Å². The van der Waals surface area contributed by atoms with Gasteiger partial charge in [0.1, 0.15) is 11.4 Å². The summed E-state index contributed by atoms with van der Waals surface area (Å²) < 4.78 is 1.74. The highest BCUT2D eigenvalue weighted by atomic mass is 16.4. The first-order chi connectivity index (χ1) is 7.88. The summed E-state index contributed by atoms with van der Waals surface area (Å²) in [7, 11) is 0. The van der Waals surface area contributed by atoms with Crippen LogP contribution in [0.15, 0.2) is 18.3 Å². The molecule has 0 fully saturated rings. The molecule has 0 atom stereocenters. The first-order valence-corrected chi connectivity index (χ1v) is 5.44. The van der Waals surface area contributed by atoms with Crippen molar-refractivity contribution in [1.82, 2.24) is 14.6 Å². The van der Waals surface area contributed by atoms with Crippen molar-refractivity contribution in [3.8, 4) is 0 Å². The predicted molar refractivity (Wildman–Crippen MR) is 63.1 cm³/mol. The van der Waals surface area contributed by atoms with E-state index < -0.39 is 5.97 Å². The van der Waals surface area contributed by atoms with Gasteiger partial charge in [-0.2, -0.15) is 0 Å². The quantitative estimate of drug-likeness (QED) is 0.861. The van der Waals surface area contributed by atoms with E-state index in [1.807, 2.05) is 0 Å². The van der Waals surface area contributed by atoms with Gasteiger partial charge in [-0.1, -0.05) is 20.8 Å². The molecule has 2 rings (SSSR count). The van der Waals surface area contributed by atoms with Crippen molar-refractivity contribution in [1.29, 1.82) is 0 Å². The third kappa shape index (κ3) is 2.27. The van der Waals surface area contributed by atoms with Crippen LogP contribution in [0.3, 0.4) is 0 Å². The molecule has 0 amide bonds. The van der Waals surface area contributed by atoms with E-state index in [0.29, 0.717) is 5.65 Å². The van der Waals surface area contributed by atoms with Gasteiger partial charge in [0.15, 0.2) is 5.65 Å². The second-order valence-corrected chi connectivity index (χ2v) is 5.27. The number of hydrogen-bond donors (Lipinski definition) is 1. The van der Waals surface area contributed by atoms with Crippen LogP contribution in [0.25, 0.3) is 5.65 Å². The van der Waals surface area contributed by atoms with Crippen molar-refractivity contribution in [2.45, 2.75) is 27.2 Å². The standard InChI is InChI=1S/C12H15N3O2/c1-12(2,3)7-9-13-14-10-8(11(16)17)5-4-6-15(9)10/h4-6H,7H2,1-3H3,(H,16,17). The highest BCUT2D eigenvalue weighted by Gasteiger charge is 2.18. The smallest absolute Gasteiger partial charge is 0.339 e. The van der Waals surface area contributed by atoms with Gasteiger partial charge < -0.3 is 5.11 Å². The van der Waals surface area contributed by atoms with Crippen molar-refractivity contribution >= 4 is 11.6 Å². The molecule has 17 heavy (non-hydrogen) atoms. The van der Waals surface area contributed by atoms with E-state index >= 15 is 0 Å². The van der Waals surface area contributed by atoms with Gasteiger partial charge in [0.25, 0.3) is 0 Å². The number of fused-ring (bicyclic) bond motifs is 1. The number of hydrogen-bond acceptors (Lipinski definition) is 3. The van der Waals surface area contributed by atoms with E-state index in [1.165, 1.54) is 6.07 Å². The van der Waals surface area contributed by atoms with Crippen LogP contribution in [0.4, 0.5) is 0 Å². The molecule has 0 aliphatic heterocycles. The zero-order valence-corrected chi connectivity index (χ0v) is 10.1. The Balaban J connectivity index is 2.55. The Morgan fingerprint density at radius 2 is 2.12 bits per heavy atom. The minimum absolute atomic E-state index is 0.0855. The van der Waals surface area contributed by atoms with E-state index in [9.17, 15) is 4.79 Å². The molecule has 2 aromatic rings. The predicted octanol–water partition coefficient (Wildman–Crippen LogP) is 2.02. The maximum absolute atomic E-state index is 11.0. The molecular formula is C12H15N3O2. The Hall–Kier alpha value is -1.91. The molecule has 0 saturated heterocycles. The number of nitrogens with zero attached hydrogens (tertiary/aromatic N) is 3. The number of rotatable bonds is 2. The van der Waals surface area contributed by atoms with Crippen molar-refractivity contribution in [2.75, 3.05) is 0 Å². The molecule has 0 unspecified atom stereocenters. The number of carboxylic acid groups (broad SMARTS) is 1. The number of pyridine rings is 1. The minimum Gasteiger partial charge on any atom is -0.478 e. The molecule has 0 radical (unpaired) electrons. The van der Waals surface area contributed by atoms with Crippen LogP contribution in [0.1, 0.15) is 37.0 Å². The number of carbonyl (C=O) groups is 1. The fraction of sp³-hybridized carbons (Fsp3) is 0.417. The fourth-order valence-electron chi connectivity index (χ4n) is 1.73. The molecule has 0 bridgehead atoms. The molecule has 90 valence electrons. The van der Waals surface area contributed by atoms with Crippen molar-refractivity contribution in [3.63, 3.8) is 0 Å². The zero-order valence-electron chi connectivity index (χ0n) is 10.1. The lowest BCUT2D eigenvalue weighted by Crippen LogP contribution is -2.12. The zero-order chi connectivity index (χ0) is 12.6. The van der Waals surface area contributed by atoms with Crippen LogP contribution in [-0.2, 0) is 6.42 Å². The van der Waals surface area contributed by atoms with Gasteiger partial charge in [0.2, 0.25) is 0 Å². The number of aromatic nitrogens is 3. The van der Waals surface area contributed by atoms with Crippen LogP contribution in [0.2, 0.25) is 0 Å². The number of carboxylic acids is 1. The summed E-state index contributed by atoms with van der Waals surface area (Å²) in [5, 5.41) is 17.1. The van der Waals surface area contributed by atoms with Gasteiger partial charge in [-0.3, -0.25) is 4.40 Å². The summed E-state index contributed by atoms with van der Waals surface area (Å²) >= 11 is 0. The van der Waals surface area contributed by atoms with Crippen molar-refractivity contribution in [3.05, 3.63) is 29.7 Å². The average Bonchev–Trinajstić information content (AvgIpc) is 2.59. The summed E-state index contributed by atoms with van der Waals surface area (Å²) in [6, 6.07) is 3.24. The average molecular weight is 233 g/mol. The third-order valence-corrected chi connectivity index (χ3v) is 2.42.